The Hall–Kier alpha value is -3.21. The highest BCUT2D eigenvalue weighted by Gasteiger charge is 2.45. The molecule has 0 bridgehead atoms. The van der Waals surface area contributed by atoms with E-state index in [1.807, 2.05) is 24.3 Å². The molecule has 3 aliphatic heterocycles. The first-order valence-corrected chi connectivity index (χ1v) is 14.7. The first-order chi connectivity index (χ1) is 19.1. The van der Waals surface area contributed by atoms with Gasteiger partial charge < -0.3 is 14.7 Å². The SMILES string of the molecule is Oc1cc(-c2ncc3c(N4CCNSCC4)nc(OCC45CCCN4CCC5)nc3c2F)c2ccccc2c1. The number of benzene rings is 2. The van der Waals surface area contributed by atoms with E-state index in [0.717, 1.165) is 62.1 Å². The van der Waals surface area contributed by atoms with E-state index in [1.54, 1.807) is 30.3 Å². The summed E-state index contributed by atoms with van der Waals surface area (Å²) in [6.45, 7) is 5.00. The van der Waals surface area contributed by atoms with Gasteiger partial charge in [-0.05, 0) is 61.7 Å². The molecule has 3 aliphatic rings. The van der Waals surface area contributed by atoms with Gasteiger partial charge in [0.05, 0.1) is 10.9 Å². The van der Waals surface area contributed by atoms with E-state index in [4.69, 9.17) is 9.72 Å². The largest absolute Gasteiger partial charge is 0.508 e. The van der Waals surface area contributed by atoms with Crippen molar-refractivity contribution in [3.8, 4) is 23.0 Å². The molecule has 2 aromatic carbocycles. The van der Waals surface area contributed by atoms with Crippen molar-refractivity contribution < 1.29 is 14.2 Å². The van der Waals surface area contributed by atoms with E-state index in [2.05, 4.69) is 24.5 Å². The molecule has 0 radical (unpaired) electrons. The maximum absolute atomic E-state index is 16.4. The smallest absolute Gasteiger partial charge is 0.319 e. The second-order valence-corrected chi connectivity index (χ2v) is 11.6. The molecular formula is C29H31FN6O2S. The monoisotopic (exact) mass is 546 g/mol. The zero-order valence-electron chi connectivity index (χ0n) is 21.7. The zero-order valence-corrected chi connectivity index (χ0v) is 22.5. The van der Waals surface area contributed by atoms with Crippen molar-refractivity contribution in [2.75, 3.05) is 50.0 Å². The lowest BCUT2D eigenvalue weighted by Gasteiger charge is -2.31. The van der Waals surface area contributed by atoms with Gasteiger partial charge in [-0.15, -0.1) is 0 Å². The van der Waals surface area contributed by atoms with Crippen molar-refractivity contribution in [2.24, 2.45) is 0 Å². The van der Waals surface area contributed by atoms with Crippen LogP contribution in [0.3, 0.4) is 0 Å². The van der Waals surface area contributed by atoms with Gasteiger partial charge in [-0.1, -0.05) is 36.2 Å². The molecular weight excluding hydrogens is 515 g/mol. The van der Waals surface area contributed by atoms with Crippen molar-refractivity contribution in [1.82, 2.24) is 24.6 Å². The number of rotatable bonds is 5. The number of nitrogens with zero attached hydrogens (tertiary/aromatic N) is 5. The van der Waals surface area contributed by atoms with Gasteiger partial charge in [-0.25, -0.2) is 4.39 Å². The van der Waals surface area contributed by atoms with Gasteiger partial charge in [-0.3, -0.25) is 14.6 Å². The van der Waals surface area contributed by atoms with Crippen molar-refractivity contribution in [2.45, 2.75) is 31.2 Å². The summed E-state index contributed by atoms with van der Waals surface area (Å²) in [5.74, 6) is 1.04. The molecule has 3 fully saturated rings. The molecule has 39 heavy (non-hydrogen) atoms. The fourth-order valence-electron chi connectivity index (χ4n) is 6.47. The second kappa shape index (κ2) is 10.1. The quantitative estimate of drug-likeness (QED) is 0.344. The number of hydrogen-bond acceptors (Lipinski definition) is 9. The van der Waals surface area contributed by atoms with E-state index >= 15 is 4.39 Å². The highest BCUT2D eigenvalue weighted by molar-refractivity contribution is 7.97. The van der Waals surface area contributed by atoms with Crippen LogP contribution in [0.15, 0.2) is 42.6 Å². The van der Waals surface area contributed by atoms with Crippen LogP contribution in [0.1, 0.15) is 25.7 Å². The highest BCUT2D eigenvalue weighted by Crippen LogP contribution is 2.40. The van der Waals surface area contributed by atoms with E-state index in [9.17, 15) is 5.11 Å². The van der Waals surface area contributed by atoms with Gasteiger partial charge >= 0.3 is 6.01 Å². The molecule has 202 valence electrons. The summed E-state index contributed by atoms with van der Waals surface area (Å²) in [5, 5.41) is 12.6. The molecule has 2 N–H and O–H groups in total. The fourth-order valence-corrected chi connectivity index (χ4v) is 7.16. The van der Waals surface area contributed by atoms with Crippen molar-refractivity contribution in [3.63, 3.8) is 0 Å². The Labute approximate surface area is 230 Å². The lowest BCUT2D eigenvalue weighted by molar-refractivity contribution is 0.108. The average Bonchev–Trinajstić information content (AvgIpc) is 3.41. The summed E-state index contributed by atoms with van der Waals surface area (Å²) in [5.41, 5.74) is 0.887. The van der Waals surface area contributed by atoms with Crippen LogP contribution in [0.25, 0.3) is 32.9 Å². The number of hydrogen-bond donors (Lipinski definition) is 2. The van der Waals surface area contributed by atoms with Gasteiger partial charge in [0.15, 0.2) is 5.82 Å². The normalized spacial score (nSPS) is 19.5. The van der Waals surface area contributed by atoms with Gasteiger partial charge in [0.1, 0.15) is 29.4 Å². The number of fused-ring (bicyclic) bond motifs is 3. The molecule has 8 nitrogen and oxygen atoms in total. The molecule has 0 atom stereocenters. The van der Waals surface area contributed by atoms with Crippen LogP contribution in [0.2, 0.25) is 0 Å². The summed E-state index contributed by atoms with van der Waals surface area (Å²) in [6, 6.07) is 11.0. The maximum atomic E-state index is 16.4. The number of pyridine rings is 1. The molecule has 0 amide bonds. The van der Waals surface area contributed by atoms with Crippen LogP contribution in [0.4, 0.5) is 10.2 Å². The number of ether oxygens (including phenoxy) is 1. The van der Waals surface area contributed by atoms with Crippen LogP contribution in [-0.4, -0.2) is 75.6 Å². The second-order valence-electron chi connectivity index (χ2n) is 10.7. The molecule has 10 heteroatoms. The minimum absolute atomic E-state index is 0.0318. The third-order valence-corrected chi connectivity index (χ3v) is 9.17. The third-order valence-electron chi connectivity index (χ3n) is 8.37. The topological polar surface area (TPSA) is 86.6 Å². The predicted molar refractivity (Wildman–Crippen MR) is 153 cm³/mol. The van der Waals surface area contributed by atoms with Crippen LogP contribution in [-0.2, 0) is 0 Å². The molecule has 0 aliphatic carbocycles. The van der Waals surface area contributed by atoms with Crippen molar-refractivity contribution in [3.05, 3.63) is 48.4 Å². The van der Waals surface area contributed by atoms with E-state index < -0.39 is 5.82 Å². The summed E-state index contributed by atoms with van der Waals surface area (Å²) in [7, 11) is 0. The maximum Gasteiger partial charge on any atom is 0.319 e. The number of phenols is 1. The van der Waals surface area contributed by atoms with Crippen LogP contribution in [0, 0.1) is 5.82 Å². The Bertz CT molecular complexity index is 1530. The summed E-state index contributed by atoms with van der Waals surface area (Å²) >= 11 is 1.68. The van der Waals surface area contributed by atoms with E-state index in [-0.39, 0.29) is 28.5 Å². The Balaban J connectivity index is 1.35. The highest BCUT2D eigenvalue weighted by atomic mass is 32.2. The molecule has 5 heterocycles. The first kappa shape index (κ1) is 24.8. The van der Waals surface area contributed by atoms with Crippen LogP contribution >= 0.6 is 11.9 Å². The summed E-state index contributed by atoms with van der Waals surface area (Å²) in [4.78, 5) is 18.7. The zero-order chi connectivity index (χ0) is 26.4. The minimum atomic E-state index is -0.541. The van der Waals surface area contributed by atoms with E-state index in [1.165, 1.54) is 12.8 Å². The Morgan fingerprint density at radius 2 is 1.90 bits per heavy atom. The molecule has 7 rings (SSSR count). The standard InChI is InChI=1S/C29H31FN6O2S/c30-24-25(22-16-20(37)15-19-5-1-2-6-21(19)22)31-17-23-26(24)33-28(34-27(23)35-12-9-32-39-14-13-35)38-18-29-7-3-10-36(29)11-4-8-29/h1-2,5-6,15-17,32,37H,3-4,7-14,18H2. The van der Waals surface area contributed by atoms with Crippen molar-refractivity contribution >= 4 is 39.4 Å². The average molecular weight is 547 g/mol. The van der Waals surface area contributed by atoms with Crippen molar-refractivity contribution in [1.29, 1.82) is 0 Å². The number of aromatic hydroxyl groups is 1. The summed E-state index contributed by atoms with van der Waals surface area (Å²) < 4.78 is 26.1. The van der Waals surface area contributed by atoms with Gasteiger partial charge in [0, 0.05) is 37.1 Å². The number of aromatic nitrogens is 3. The Morgan fingerprint density at radius 3 is 2.77 bits per heavy atom. The van der Waals surface area contributed by atoms with Gasteiger partial charge in [-0.2, -0.15) is 9.97 Å². The molecule has 0 saturated carbocycles. The van der Waals surface area contributed by atoms with Crippen LogP contribution < -0.4 is 14.4 Å². The molecule has 2 aromatic heterocycles. The Kier molecular flexibility index (Phi) is 6.41. The predicted octanol–water partition coefficient (Wildman–Crippen LogP) is 4.75. The summed E-state index contributed by atoms with van der Waals surface area (Å²) in [6.07, 6.45) is 6.22. The molecule has 0 unspecified atom stereocenters. The first-order valence-electron chi connectivity index (χ1n) is 13.7. The molecule has 4 aromatic rings. The lowest BCUT2D eigenvalue weighted by Crippen LogP contribution is -2.43. The number of anilines is 1. The third kappa shape index (κ3) is 4.44. The minimum Gasteiger partial charge on any atom is -0.508 e. The van der Waals surface area contributed by atoms with Gasteiger partial charge in [0.2, 0.25) is 0 Å². The number of phenolic OH excluding ortho intramolecular Hbond substituents is 1. The Morgan fingerprint density at radius 1 is 1.05 bits per heavy atom. The fraction of sp³-hybridized carbons (Fsp3) is 0.414. The molecule has 0 spiro atoms. The number of halogens is 1. The van der Waals surface area contributed by atoms with Crippen LogP contribution in [0.5, 0.6) is 11.8 Å². The molecule has 3 saturated heterocycles. The van der Waals surface area contributed by atoms with Gasteiger partial charge in [0.25, 0.3) is 0 Å². The van der Waals surface area contributed by atoms with E-state index in [0.29, 0.717) is 23.4 Å². The lowest BCUT2D eigenvalue weighted by atomic mass is 9.95. The number of nitrogens with one attached hydrogen (secondary N) is 1.